The fourth-order valence-corrected chi connectivity index (χ4v) is 3.56. The van der Waals surface area contributed by atoms with Crippen LogP contribution in [0.2, 0.25) is 0 Å². The number of imidazole rings is 1. The van der Waals surface area contributed by atoms with Gasteiger partial charge in [-0.25, -0.2) is 4.98 Å². The van der Waals surface area contributed by atoms with Crippen LogP contribution in [0.25, 0.3) is 11.0 Å². The van der Waals surface area contributed by atoms with E-state index in [4.69, 9.17) is 4.74 Å². The Morgan fingerprint density at radius 1 is 1.30 bits per heavy atom. The van der Waals surface area contributed by atoms with Gasteiger partial charge in [0.1, 0.15) is 5.75 Å². The second-order valence-electron chi connectivity index (χ2n) is 6.93. The van der Waals surface area contributed by atoms with E-state index >= 15 is 0 Å². The number of anilines is 1. The number of piperidine rings is 1. The highest BCUT2D eigenvalue weighted by Gasteiger charge is 2.27. The van der Waals surface area contributed by atoms with Crippen molar-refractivity contribution in [3.05, 3.63) is 54.1 Å². The van der Waals surface area contributed by atoms with Crippen molar-refractivity contribution in [2.24, 2.45) is 5.92 Å². The van der Waals surface area contributed by atoms with Gasteiger partial charge in [0, 0.05) is 25.7 Å². The monoisotopic (exact) mass is 364 g/mol. The third kappa shape index (κ3) is 3.89. The summed E-state index contributed by atoms with van der Waals surface area (Å²) < 4.78 is 5.27. The first-order chi connectivity index (χ1) is 13.2. The van der Waals surface area contributed by atoms with Crippen molar-refractivity contribution in [3.8, 4) is 5.75 Å². The number of benzene rings is 2. The summed E-state index contributed by atoms with van der Waals surface area (Å²) in [6, 6.07) is 15.8. The number of amides is 1. The molecule has 2 heterocycles. The van der Waals surface area contributed by atoms with Crippen molar-refractivity contribution >= 4 is 22.9 Å². The van der Waals surface area contributed by atoms with Gasteiger partial charge in [-0.1, -0.05) is 30.3 Å². The van der Waals surface area contributed by atoms with Gasteiger partial charge in [0.15, 0.2) is 0 Å². The fourth-order valence-electron chi connectivity index (χ4n) is 3.56. The zero-order valence-corrected chi connectivity index (χ0v) is 15.4. The molecule has 1 aliphatic rings. The Bertz CT molecular complexity index is 922. The average Bonchev–Trinajstić information content (AvgIpc) is 3.16. The highest BCUT2D eigenvalue weighted by atomic mass is 16.5. The van der Waals surface area contributed by atoms with E-state index in [0.717, 1.165) is 47.7 Å². The first-order valence-electron chi connectivity index (χ1n) is 9.33. The molecule has 2 N–H and O–H groups in total. The number of H-pyrrole nitrogens is 1. The largest absolute Gasteiger partial charge is 0.497 e. The molecule has 0 aliphatic carbocycles. The quantitative estimate of drug-likeness (QED) is 0.730. The molecule has 1 unspecified atom stereocenters. The number of aromatic amines is 1. The van der Waals surface area contributed by atoms with Gasteiger partial charge in [-0.05, 0) is 30.5 Å². The number of nitrogens with one attached hydrogen (secondary N) is 2. The van der Waals surface area contributed by atoms with Crippen LogP contribution in [0.4, 0.5) is 5.95 Å². The summed E-state index contributed by atoms with van der Waals surface area (Å²) in [6.45, 7) is 2.15. The standard InChI is InChI=1S/C21H24N4O2/c1-27-17-9-10-18-19(12-17)24-21(23-18)25-11-5-8-16(14-25)20(26)22-13-15-6-3-2-4-7-15/h2-4,6-7,9-10,12,16H,5,8,11,13-14H2,1H3,(H,22,26)(H,23,24). The number of nitrogens with zero attached hydrogens (tertiary/aromatic N) is 2. The molecule has 6 heteroatoms. The van der Waals surface area contributed by atoms with E-state index in [2.05, 4.69) is 20.2 Å². The molecule has 4 rings (SSSR count). The Balaban J connectivity index is 1.42. The molecule has 1 amide bonds. The van der Waals surface area contributed by atoms with Crippen LogP contribution in [0.15, 0.2) is 48.5 Å². The molecule has 0 spiro atoms. The number of hydrogen-bond donors (Lipinski definition) is 2. The number of carbonyl (C=O) groups is 1. The molecule has 0 bridgehead atoms. The van der Waals surface area contributed by atoms with Crippen LogP contribution in [-0.2, 0) is 11.3 Å². The predicted octanol–water partition coefficient (Wildman–Crippen LogP) is 3.10. The smallest absolute Gasteiger partial charge is 0.225 e. The summed E-state index contributed by atoms with van der Waals surface area (Å²) in [5.41, 5.74) is 2.96. The van der Waals surface area contributed by atoms with Crippen molar-refractivity contribution in [2.75, 3.05) is 25.1 Å². The Morgan fingerprint density at radius 2 is 2.15 bits per heavy atom. The number of methoxy groups -OCH3 is 1. The third-order valence-electron chi connectivity index (χ3n) is 5.08. The van der Waals surface area contributed by atoms with Crippen molar-refractivity contribution in [3.63, 3.8) is 0 Å². The Kier molecular flexibility index (Phi) is 4.96. The van der Waals surface area contributed by atoms with Crippen LogP contribution in [0.3, 0.4) is 0 Å². The van der Waals surface area contributed by atoms with E-state index in [0.29, 0.717) is 13.1 Å². The van der Waals surface area contributed by atoms with Gasteiger partial charge in [0.05, 0.1) is 24.1 Å². The second kappa shape index (κ2) is 7.70. The third-order valence-corrected chi connectivity index (χ3v) is 5.08. The van der Waals surface area contributed by atoms with E-state index in [9.17, 15) is 4.79 Å². The zero-order chi connectivity index (χ0) is 18.6. The van der Waals surface area contributed by atoms with Crippen LogP contribution in [-0.4, -0.2) is 36.1 Å². The summed E-state index contributed by atoms with van der Waals surface area (Å²) in [4.78, 5) is 22.8. The van der Waals surface area contributed by atoms with Gasteiger partial charge in [0.25, 0.3) is 0 Å². The summed E-state index contributed by atoms with van der Waals surface area (Å²) in [5, 5.41) is 3.07. The van der Waals surface area contributed by atoms with Gasteiger partial charge >= 0.3 is 0 Å². The molecule has 1 saturated heterocycles. The summed E-state index contributed by atoms with van der Waals surface area (Å²) in [6.07, 6.45) is 1.88. The Labute approximate surface area is 158 Å². The van der Waals surface area contributed by atoms with Crippen molar-refractivity contribution in [1.29, 1.82) is 0 Å². The normalized spacial score (nSPS) is 17.1. The van der Waals surface area contributed by atoms with Crippen LogP contribution in [0.1, 0.15) is 18.4 Å². The van der Waals surface area contributed by atoms with Crippen LogP contribution >= 0.6 is 0 Å². The zero-order valence-electron chi connectivity index (χ0n) is 15.4. The molecule has 27 heavy (non-hydrogen) atoms. The minimum atomic E-state index is -0.0230. The maximum Gasteiger partial charge on any atom is 0.225 e. The minimum Gasteiger partial charge on any atom is -0.497 e. The first-order valence-corrected chi connectivity index (χ1v) is 9.33. The van der Waals surface area contributed by atoms with Gasteiger partial charge in [-0.3, -0.25) is 4.79 Å². The lowest BCUT2D eigenvalue weighted by Gasteiger charge is -2.31. The molecular formula is C21H24N4O2. The molecule has 1 fully saturated rings. The highest BCUT2D eigenvalue weighted by Crippen LogP contribution is 2.25. The first kappa shape index (κ1) is 17.4. The number of hydrogen-bond acceptors (Lipinski definition) is 4. The van der Waals surface area contributed by atoms with Crippen LogP contribution < -0.4 is 15.0 Å². The highest BCUT2D eigenvalue weighted by molar-refractivity contribution is 5.81. The van der Waals surface area contributed by atoms with E-state index in [1.807, 2.05) is 48.5 Å². The molecule has 1 aromatic heterocycles. The number of fused-ring (bicyclic) bond motifs is 1. The lowest BCUT2D eigenvalue weighted by Crippen LogP contribution is -2.43. The molecule has 6 nitrogen and oxygen atoms in total. The molecule has 1 atom stereocenters. The van der Waals surface area contributed by atoms with Gasteiger partial charge in [0.2, 0.25) is 11.9 Å². The van der Waals surface area contributed by atoms with E-state index in [1.54, 1.807) is 7.11 Å². The van der Waals surface area contributed by atoms with Crippen LogP contribution in [0.5, 0.6) is 5.75 Å². The Hall–Kier alpha value is -3.02. The van der Waals surface area contributed by atoms with Crippen molar-refractivity contribution < 1.29 is 9.53 Å². The van der Waals surface area contributed by atoms with E-state index < -0.39 is 0 Å². The van der Waals surface area contributed by atoms with Crippen molar-refractivity contribution in [1.82, 2.24) is 15.3 Å². The summed E-state index contributed by atoms with van der Waals surface area (Å²) >= 11 is 0. The number of rotatable bonds is 5. The summed E-state index contributed by atoms with van der Waals surface area (Å²) in [7, 11) is 1.65. The van der Waals surface area contributed by atoms with Crippen LogP contribution in [0, 0.1) is 5.92 Å². The lowest BCUT2D eigenvalue weighted by atomic mass is 9.97. The van der Waals surface area contributed by atoms with Gasteiger partial charge in [-0.2, -0.15) is 0 Å². The number of aromatic nitrogens is 2. The Morgan fingerprint density at radius 3 is 2.96 bits per heavy atom. The topological polar surface area (TPSA) is 70.2 Å². The SMILES string of the molecule is COc1ccc2nc(N3CCCC(C(=O)NCc4ccccc4)C3)[nH]c2c1. The molecule has 3 aromatic rings. The van der Waals surface area contributed by atoms with E-state index in [-0.39, 0.29) is 11.8 Å². The van der Waals surface area contributed by atoms with Gasteiger partial charge < -0.3 is 19.9 Å². The molecule has 140 valence electrons. The summed E-state index contributed by atoms with van der Waals surface area (Å²) in [5.74, 6) is 1.71. The van der Waals surface area contributed by atoms with E-state index in [1.165, 1.54) is 0 Å². The molecule has 0 radical (unpaired) electrons. The lowest BCUT2D eigenvalue weighted by molar-refractivity contribution is -0.125. The number of carbonyl (C=O) groups excluding carboxylic acids is 1. The molecule has 1 aliphatic heterocycles. The number of ether oxygens (including phenoxy) is 1. The molecule has 2 aromatic carbocycles. The molecule has 0 saturated carbocycles. The maximum atomic E-state index is 12.6. The van der Waals surface area contributed by atoms with Gasteiger partial charge in [-0.15, -0.1) is 0 Å². The second-order valence-corrected chi connectivity index (χ2v) is 6.93. The molecular weight excluding hydrogens is 340 g/mol. The maximum absolute atomic E-state index is 12.6. The van der Waals surface area contributed by atoms with Crippen molar-refractivity contribution in [2.45, 2.75) is 19.4 Å². The fraction of sp³-hybridized carbons (Fsp3) is 0.333. The predicted molar refractivity (Wildman–Crippen MR) is 106 cm³/mol. The minimum absolute atomic E-state index is 0.0230. The average molecular weight is 364 g/mol.